The van der Waals surface area contributed by atoms with Gasteiger partial charge < -0.3 is 0 Å². The maximum Gasteiger partial charge on any atom is 0.0344 e. The minimum Gasteiger partial charge on any atom is -0.123 e. The van der Waals surface area contributed by atoms with E-state index in [0.29, 0.717) is 5.38 Å². The van der Waals surface area contributed by atoms with Gasteiger partial charge in [0.15, 0.2) is 0 Å². The van der Waals surface area contributed by atoms with Gasteiger partial charge in [-0.3, -0.25) is 0 Å². The van der Waals surface area contributed by atoms with Crippen LogP contribution >= 0.6 is 27.5 Å². The van der Waals surface area contributed by atoms with Crippen molar-refractivity contribution in [2.45, 2.75) is 76.5 Å². The highest BCUT2D eigenvalue weighted by Crippen LogP contribution is 2.15. The average molecular weight is 298 g/mol. The quantitative estimate of drug-likeness (QED) is 0.328. The van der Waals surface area contributed by atoms with Crippen LogP contribution in [0.3, 0.4) is 0 Å². The SMILES string of the molecule is CCCCCCCCCCC(Cl)CCBr. The highest BCUT2D eigenvalue weighted by Gasteiger charge is 2.02. The van der Waals surface area contributed by atoms with Crippen molar-refractivity contribution in [2.24, 2.45) is 0 Å². The summed E-state index contributed by atoms with van der Waals surface area (Å²) in [5.74, 6) is 0. The Morgan fingerprint density at radius 2 is 1.40 bits per heavy atom. The van der Waals surface area contributed by atoms with Crippen molar-refractivity contribution < 1.29 is 0 Å². The van der Waals surface area contributed by atoms with E-state index in [9.17, 15) is 0 Å². The van der Waals surface area contributed by atoms with E-state index in [-0.39, 0.29) is 0 Å². The van der Waals surface area contributed by atoms with Crippen molar-refractivity contribution in [1.29, 1.82) is 0 Å². The van der Waals surface area contributed by atoms with Crippen molar-refractivity contribution in [1.82, 2.24) is 0 Å². The molecule has 15 heavy (non-hydrogen) atoms. The second-order valence-corrected chi connectivity index (χ2v) is 5.75. The van der Waals surface area contributed by atoms with E-state index in [4.69, 9.17) is 11.6 Å². The van der Waals surface area contributed by atoms with E-state index in [2.05, 4.69) is 22.9 Å². The molecule has 0 spiro atoms. The van der Waals surface area contributed by atoms with E-state index in [1.165, 1.54) is 57.8 Å². The lowest BCUT2D eigenvalue weighted by Crippen LogP contribution is -1.98. The van der Waals surface area contributed by atoms with Crippen LogP contribution in [0.15, 0.2) is 0 Å². The lowest BCUT2D eigenvalue weighted by Gasteiger charge is -2.06. The number of alkyl halides is 2. The molecule has 0 heterocycles. The Labute approximate surface area is 109 Å². The van der Waals surface area contributed by atoms with Crippen molar-refractivity contribution in [2.75, 3.05) is 5.33 Å². The molecule has 0 aliphatic heterocycles. The van der Waals surface area contributed by atoms with Gasteiger partial charge >= 0.3 is 0 Å². The predicted molar refractivity (Wildman–Crippen MR) is 75.3 cm³/mol. The van der Waals surface area contributed by atoms with E-state index >= 15 is 0 Å². The predicted octanol–water partition coefficient (Wildman–Crippen LogP) is 5.91. The van der Waals surface area contributed by atoms with Crippen molar-refractivity contribution in [3.05, 3.63) is 0 Å². The molecule has 1 unspecified atom stereocenters. The zero-order chi connectivity index (χ0) is 11.4. The summed E-state index contributed by atoms with van der Waals surface area (Å²) in [6.45, 7) is 2.27. The molecule has 0 aromatic rings. The van der Waals surface area contributed by atoms with Gasteiger partial charge in [-0.1, -0.05) is 74.2 Å². The van der Waals surface area contributed by atoms with Crippen LogP contribution < -0.4 is 0 Å². The average Bonchev–Trinajstić information content (AvgIpc) is 2.22. The van der Waals surface area contributed by atoms with Gasteiger partial charge in [-0.2, -0.15) is 0 Å². The molecule has 0 nitrogen and oxygen atoms in total. The highest BCUT2D eigenvalue weighted by atomic mass is 79.9. The Balaban J connectivity index is 2.98. The van der Waals surface area contributed by atoms with Crippen LogP contribution in [0.2, 0.25) is 0 Å². The summed E-state index contributed by atoms with van der Waals surface area (Å²) in [4.78, 5) is 0. The van der Waals surface area contributed by atoms with Crippen molar-refractivity contribution >= 4 is 27.5 Å². The van der Waals surface area contributed by atoms with Crippen LogP contribution in [0.1, 0.15) is 71.1 Å². The van der Waals surface area contributed by atoms with Gasteiger partial charge in [0.2, 0.25) is 0 Å². The molecule has 0 aliphatic rings. The van der Waals surface area contributed by atoms with Crippen molar-refractivity contribution in [3.63, 3.8) is 0 Å². The second kappa shape index (κ2) is 12.8. The molecule has 0 aliphatic carbocycles. The maximum atomic E-state index is 6.13. The van der Waals surface area contributed by atoms with Gasteiger partial charge in [-0.15, -0.1) is 11.6 Å². The standard InChI is InChI=1S/C13H26BrCl/c1-2-3-4-5-6-7-8-9-10-13(15)11-12-14/h13H,2-12H2,1H3. The molecule has 0 aromatic carbocycles. The highest BCUT2D eigenvalue weighted by molar-refractivity contribution is 9.09. The Kier molecular flexibility index (Phi) is 13.5. The van der Waals surface area contributed by atoms with Crippen LogP contribution in [0.25, 0.3) is 0 Å². The van der Waals surface area contributed by atoms with E-state index in [1.807, 2.05) is 0 Å². The van der Waals surface area contributed by atoms with Crippen LogP contribution in [0.4, 0.5) is 0 Å². The summed E-state index contributed by atoms with van der Waals surface area (Å²) in [5.41, 5.74) is 0. The molecule has 0 fully saturated rings. The van der Waals surface area contributed by atoms with Gasteiger partial charge in [0, 0.05) is 10.7 Å². The Hall–Kier alpha value is 0.770. The largest absolute Gasteiger partial charge is 0.123 e. The molecule has 0 saturated heterocycles. The molecule has 0 radical (unpaired) electrons. The summed E-state index contributed by atoms with van der Waals surface area (Å²) in [6.07, 6.45) is 13.4. The Bertz CT molecular complexity index is 117. The van der Waals surface area contributed by atoms with Crippen LogP contribution in [-0.4, -0.2) is 10.7 Å². The van der Waals surface area contributed by atoms with Gasteiger partial charge in [0.1, 0.15) is 0 Å². The topological polar surface area (TPSA) is 0 Å². The molecule has 0 aromatic heterocycles. The number of unbranched alkanes of at least 4 members (excludes halogenated alkanes) is 7. The fourth-order valence-electron chi connectivity index (χ4n) is 1.76. The molecule has 0 N–H and O–H groups in total. The first-order chi connectivity index (χ1) is 7.31. The van der Waals surface area contributed by atoms with Gasteiger partial charge in [0.25, 0.3) is 0 Å². The molecule has 2 heteroatoms. The fourth-order valence-corrected chi connectivity index (χ4v) is 2.84. The third-order valence-electron chi connectivity index (χ3n) is 2.79. The number of halogens is 2. The molecule has 0 rings (SSSR count). The molecule has 0 saturated carbocycles. The molecular formula is C13H26BrCl. The second-order valence-electron chi connectivity index (χ2n) is 4.34. The minimum absolute atomic E-state index is 0.393. The van der Waals surface area contributed by atoms with E-state index < -0.39 is 0 Å². The number of hydrogen-bond donors (Lipinski definition) is 0. The molecular weight excluding hydrogens is 272 g/mol. The van der Waals surface area contributed by atoms with Crippen LogP contribution in [0, 0.1) is 0 Å². The summed E-state index contributed by atoms with van der Waals surface area (Å²) >= 11 is 9.56. The fraction of sp³-hybridized carbons (Fsp3) is 1.00. The summed E-state index contributed by atoms with van der Waals surface area (Å²) in [6, 6.07) is 0. The van der Waals surface area contributed by atoms with E-state index in [1.54, 1.807) is 0 Å². The first-order valence-corrected chi connectivity index (χ1v) is 8.07. The van der Waals surface area contributed by atoms with Gasteiger partial charge in [-0.05, 0) is 12.8 Å². The molecule has 1 atom stereocenters. The molecule has 92 valence electrons. The smallest absolute Gasteiger partial charge is 0.0344 e. The summed E-state index contributed by atoms with van der Waals surface area (Å²) in [7, 11) is 0. The van der Waals surface area contributed by atoms with Gasteiger partial charge in [0.05, 0.1) is 0 Å². The van der Waals surface area contributed by atoms with Crippen LogP contribution in [-0.2, 0) is 0 Å². The molecule has 0 amide bonds. The lowest BCUT2D eigenvalue weighted by molar-refractivity contribution is 0.557. The Morgan fingerprint density at radius 3 is 1.93 bits per heavy atom. The maximum absolute atomic E-state index is 6.13. The zero-order valence-electron chi connectivity index (χ0n) is 10.1. The first kappa shape index (κ1) is 15.8. The third kappa shape index (κ3) is 12.7. The monoisotopic (exact) mass is 296 g/mol. The lowest BCUT2D eigenvalue weighted by atomic mass is 10.1. The van der Waals surface area contributed by atoms with Gasteiger partial charge in [-0.25, -0.2) is 0 Å². The van der Waals surface area contributed by atoms with E-state index in [0.717, 1.165) is 11.8 Å². The summed E-state index contributed by atoms with van der Waals surface area (Å²) < 4.78 is 0. The normalized spacial score (nSPS) is 13.0. The first-order valence-electron chi connectivity index (χ1n) is 6.51. The summed E-state index contributed by atoms with van der Waals surface area (Å²) in [5, 5.41) is 1.43. The number of rotatable bonds is 11. The van der Waals surface area contributed by atoms with Crippen LogP contribution in [0.5, 0.6) is 0 Å². The Morgan fingerprint density at radius 1 is 0.867 bits per heavy atom. The van der Waals surface area contributed by atoms with Crippen molar-refractivity contribution in [3.8, 4) is 0 Å². The minimum atomic E-state index is 0.393. The zero-order valence-corrected chi connectivity index (χ0v) is 12.5. The third-order valence-corrected chi connectivity index (χ3v) is 3.69. The molecule has 0 bridgehead atoms. The number of hydrogen-bond acceptors (Lipinski definition) is 0.